The van der Waals surface area contributed by atoms with Gasteiger partial charge in [-0.25, -0.2) is 9.78 Å². The molecule has 1 heterocycles. The first kappa shape index (κ1) is 12.7. The Kier molecular flexibility index (Phi) is 4.02. The van der Waals surface area contributed by atoms with E-state index in [-0.39, 0.29) is 6.03 Å². The van der Waals surface area contributed by atoms with E-state index in [1.54, 1.807) is 36.4 Å². The van der Waals surface area contributed by atoms with Gasteiger partial charge in [0.1, 0.15) is 5.15 Å². The summed E-state index contributed by atoms with van der Waals surface area (Å²) in [7, 11) is 0. The van der Waals surface area contributed by atoms with Gasteiger partial charge in [0.25, 0.3) is 0 Å². The zero-order chi connectivity index (χ0) is 13.0. The van der Waals surface area contributed by atoms with Crippen molar-refractivity contribution in [1.82, 2.24) is 4.98 Å². The Balaban J connectivity index is 1.98. The third-order valence-corrected chi connectivity index (χ3v) is 2.53. The van der Waals surface area contributed by atoms with Gasteiger partial charge < -0.3 is 10.6 Å². The molecule has 0 fully saturated rings. The fraction of sp³-hybridized carbons (Fsp3) is 0. The van der Waals surface area contributed by atoms with Crippen LogP contribution < -0.4 is 10.6 Å². The molecule has 18 heavy (non-hydrogen) atoms. The van der Waals surface area contributed by atoms with Crippen molar-refractivity contribution in [2.24, 2.45) is 0 Å². The molecule has 92 valence electrons. The minimum Gasteiger partial charge on any atom is -0.308 e. The van der Waals surface area contributed by atoms with Crippen LogP contribution in [0.2, 0.25) is 10.2 Å². The fourth-order valence-corrected chi connectivity index (χ4v) is 1.61. The van der Waals surface area contributed by atoms with Crippen LogP contribution in [0, 0.1) is 0 Å². The number of hydrogen-bond acceptors (Lipinski definition) is 2. The van der Waals surface area contributed by atoms with E-state index in [9.17, 15) is 4.79 Å². The highest BCUT2D eigenvalue weighted by Crippen LogP contribution is 2.15. The number of benzene rings is 1. The number of halogens is 2. The van der Waals surface area contributed by atoms with Gasteiger partial charge in [0.15, 0.2) is 0 Å². The summed E-state index contributed by atoms with van der Waals surface area (Å²) < 4.78 is 0. The summed E-state index contributed by atoms with van der Waals surface area (Å²) in [5.74, 6) is 0. The number of nitrogens with zero attached hydrogens (tertiary/aromatic N) is 1. The van der Waals surface area contributed by atoms with Crippen LogP contribution >= 0.6 is 23.2 Å². The highest BCUT2D eigenvalue weighted by atomic mass is 35.5. The van der Waals surface area contributed by atoms with Crippen molar-refractivity contribution in [3.63, 3.8) is 0 Å². The zero-order valence-electron chi connectivity index (χ0n) is 9.15. The van der Waals surface area contributed by atoms with Crippen LogP contribution in [0.25, 0.3) is 0 Å². The second-order valence-corrected chi connectivity index (χ2v) is 4.28. The SMILES string of the molecule is O=C(Nc1ccc(Cl)nc1)Nc1cccc(Cl)c1. The molecule has 0 aliphatic rings. The molecule has 0 spiro atoms. The molecule has 0 aliphatic carbocycles. The Morgan fingerprint density at radius 3 is 2.50 bits per heavy atom. The van der Waals surface area contributed by atoms with E-state index < -0.39 is 0 Å². The first-order valence-corrected chi connectivity index (χ1v) is 5.84. The second-order valence-electron chi connectivity index (χ2n) is 3.46. The van der Waals surface area contributed by atoms with E-state index in [1.807, 2.05) is 0 Å². The van der Waals surface area contributed by atoms with Gasteiger partial charge in [-0.1, -0.05) is 29.3 Å². The Bertz CT molecular complexity index is 558. The lowest BCUT2D eigenvalue weighted by molar-refractivity contribution is 0.262. The van der Waals surface area contributed by atoms with Gasteiger partial charge in [-0.2, -0.15) is 0 Å². The molecule has 0 unspecified atom stereocenters. The molecule has 6 heteroatoms. The highest BCUT2D eigenvalue weighted by Gasteiger charge is 2.03. The number of pyridine rings is 1. The summed E-state index contributed by atoms with van der Waals surface area (Å²) in [4.78, 5) is 15.5. The molecule has 0 saturated heterocycles. The summed E-state index contributed by atoms with van der Waals surface area (Å²) in [5, 5.41) is 6.20. The zero-order valence-corrected chi connectivity index (χ0v) is 10.7. The monoisotopic (exact) mass is 281 g/mol. The first-order valence-electron chi connectivity index (χ1n) is 5.08. The van der Waals surface area contributed by atoms with Crippen molar-refractivity contribution in [3.8, 4) is 0 Å². The maximum Gasteiger partial charge on any atom is 0.323 e. The number of aromatic nitrogens is 1. The van der Waals surface area contributed by atoms with E-state index in [0.29, 0.717) is 21.6 Å². The third kappa shape index (κ3) is 3.61. The summed E-state index contributed by atoms with van der Waals surface area (Å²) in [6.07, 6.45) is 1.47. The van der Waals surface area contributed by atoms with Gasteiger partial charge in [0, 0.05) is 10.7 Å². The average Bonchev–Trinajstić information content (AvgIpc) is 2.32. The van der Waals surface area contributed by atoms with Crippen molar-refractivity contribution in [1.29, 1.82) is 0 Å². The Labute approximate surface area is 114 Å². The molecule has 0 radical (unpaired) electrons. The average molecular weight is 282 g/mol. The summed E-state index contributed by atoms with van der Waals surface area (Å²) in [6, 6.07) is 9.76. The summed E-state index contributed by atoms with van der Waals surface area (Å²) in [6.45, 7) is 0. The molecular formula is C12H9Cl2N3O. The molecule has 2 rings (SSSR count). The number of nitrogens with one attached hydrogen (secondary N) is 2. The third-order valence-electron chi connectivity index (χ3n) is 2.07. The number of hydrogen-bond donors (Lipinski definition) is 2. The van der Waals surface area contributed by atoms with Gasteiger partial charge in [0.05, 0.1) is 11.9 Å². The smallest absolute Gasteiger partial charge is 0.308 e. The van der Waals surface area contributed by atoms with Crippen molar-refractivity contribution in [2.45, 2.75) is 0 Å². The summed E-state index contributed by atoms with van der Waals surface area (Å²) >= 11 is 11.5. The van der Waals surface area contributed by atoms with Crippen LogP contribution in [0.3, 0.4) is 0 Å². The standard InChI is InChI=1S/C12H9Cl2N3O/c13-8-2-1-3-9(6-8)16-12(18)17-10-4-5-11(14)15-7-10/h1-7H,(H2,16,17,18). The minimum absolute atomic E-state index is 0.371. The number of anilines is 2. The van der Waals surface area contributed by atoms with Gasteiger partial charge in [0.2, 0.25) is 0 Å². The van der Waals surface area contributed by atoms with Crippen LogP contribution in [0.4, 0.5) is 16.2 Å². The predicted molar refractivity (Wildman–Crippen MR) is 73.3 cm³/mol. The topological polar surface area (TPSA) is 54.0 Å². The number of amides is 2. The van der Waals surface area contributed by atoms with Crippen molar-refractivity contribution in [2.75, 3.05) is 10.6 Å². The normalized spacial score (nSPS) is 9.89. The van der Waals surface area contributed by atoms with E-state index in [4.69, 9.17) is 23.2 Å². The molecule has 0 bridgehead atoms. The molecule has 4 nitrogen and oxygen atoms in total. The lowest BCUT2D eigenvalue weighted by Gasteiger charge is -2.07. The second kappa shape index (κ2) is 5.71. The quantitative estimate of drug-likeness (QED) is 0.817. The number of urea groups is 1. The van der Waals surface area contributed by atoms with Crippen LogP contribution in [-0.2, 0) is 0 Å². The highest BCUT2D eigenvalue weighted by molar-refractivity contribution is 6.31. The Morgan fingerprint density at radius 1 is 1.06 bits per heavy atom. The Hall–Kier alpha value is -1.78. The molecular weight excluding hydrogens is 273 g/mol. The summed E-state index contributed by atoms with van der Waals surface area (Å²) in [5.41, 5.74) is 1.17. The van der Waals surface area contributed by atoms with Crippen molar-refractivity contribution < 1.29 is 4.79 Å². The maximum atomic E-state index is 11.7. The maximum absolute atomic E-state index is 11.7. The molecule has 1 aromatic carbocycles. The Morgan fingerprint density at radius 2 is 1.83 bits per heavy atom. The van der Waals surface area contributed by atoms with Crippen LogP contribution in [-0.4, -0.2) is 11.0 Å². The molecule has 0 saturated carbocycles. The van der Waals surface area contributed by atoms with Crippen LogP contribution in [0.15, 0.2) is 42.6 Å². The van der Waals surface area contributed by atoms with Crippen molar-refractivity contribution in [3.05, 3.63) is 52.8 Å². The van der Waals surface area contributed by atoms with Crippen LogP contribution in [0.1, 0.15) is 0 Å². The predicted octanol–water partition coefficient (Wildman–Crippen LogP) is 4.03. The molecule has 2 N–H and O–H groups in total. The molecule has 2 amide bonds. The van der Waals surface area contributed by atoms with E-state index in [2.05, 4.69) is 15.6 Å². The van der Waals surface area contributed by atoms with Crippen molar-refractivity contribution >= 4 is 40.6 Å². The van der Waals surface area contributed by atoms with Gasteiger partial charge in [-0.05, 0) is 30.3 Å². The van der Waals surface area contributed by atoms with E-state index in [0.717, 1.165) is 0 Å². The molecule has 1 aromatic heterocycles. The van der Waals surface area contributed by atoms with Gasteiger partial charge in [-0.3, -0.25) is 0 Å². The molecule has 0 aliphatic heterocycles. The number of rotatable bonds is 2. The van der Waals surface area contributed by atoms with E-state index >= 15 is 0 Å². The van der Waals surface area contributed by atoms with Gasteiger partial charge >= 0.3 is 6.03 Å². The lowest BCUT2D eigenvalue weighted by atomic mass is 10.3. The van der Waals surface area contributed by atoms with Crippen LogP contribution in [0.5, 0.6) is 0 Å². The number of carbonyl (C=O) groups excluding carboxylic acids is 1. The molecule has 2 aromatic rings. The first-order chi connectivity index (χ1) is 8.63. The van der Waals surface area contributed by atoms with E-state index in [1.165, 1.54) is 6.20 Å². The lowest BCUT2D eigenvalue weighted by Crippen LogP contribution is -2.19. The fourth-order valence-electron chi connectivity index (χ4n) is 1.31. The largest absolute Gasteiger partial charge is 0.323 e. The molecule has 0 atom stereocenters. The number of carbonyl (C=O) groups is 1. The minimum atomic E-state index is -0.374. The van der Waals surface area contributed by atoms with Gasteiger partial charge in [-0.15, -0.1) is 0 Å².